The SMILES string of the molecule is Cc1ccc(C2=CCC3=C(C2)C(=O)N(c2ccccc2)C3=O)cc1. The van der Waals surface area contributed by atoms with Crippen molar-refractivity contribution in [1.82, 2.24) is 0 Å². The van der Waals surface area contributed by atoms with Crippen LogP contribution in [0.1, 0.15) is 24.0 Å². The van der Waals surface area contributed by atoms with Crippen molar-refractivity contribution in [3.63, 3.8) is 0 Å². The first-order valence-electron chi connectivity index (χ1n) is 8.07. The molecule has 0 N–H and O–H groups in total. The number of amides is 2. The van der Waals surface area contributed by atoms with Gasteiger partial charge >= 0.3 is 0 Å². The van der Waals surface area contributed by atoms with E-state index < -0.39 is 0 Å². The lowest BCUT2D eigenvalue weighted by molar-refractivity contribution is -0.120. The first-order chi connectivity index (χ1) is 11.6. The van der Waals surface area contributed by atoms with Crippen LogP contribution in [0.15, 0.2) is 71.8 Å². The molecule has 0 saturated heterocycles. The van der Waals surface area contributed by atoms with E-state index in [2.05, 4.69) is 37.3 Å². The number of carbonyl (C=O) groups is 2. The lowest BCUT2D eigenvalue weighted by Gasteiger charge is -2.15. The quantitative estimate of drug-likeness (QED) is 0.784. The molecule has 0 radical (unpaired) electrons. The summed E-state index contributed by atoms with van der Waals surface area (Å²) in [5.74, 6) is -0.362. The fourth-order valence-electron chi connectivity index (χ4n) is 3.30. The van der Waals surface area contributed by atoms with Gasteiger partial charge in [-0.2, -0.15) is 0 Å². The second kappa shape index (κ2) is 5.60. The molecule has 3 heteroatoms. The maximum Gasteiger partial charge on any atom is 0.262 e. The van der Waals surface area contributed by atoms with Crippen molar-refractivity contribution >= 4 is 23.1 Å². The fourth-order valence-corrected chi connectivity index (χ4v) is 3.30. The molecule has 3 nitrogen and oxygen atoms in total. The van der Waals surface area contributed by atoms with Crippen LogP contribution in [-0.4, -0.2) is 11.8 Å². The first-order valence-corrected chi connectivity index (χ1v) is 8.07. The van der Waals surface area contributed by atoms with E-state index in [4.69, 9.17) is 0 Å². The number of hydrogen-bond acceptors (Lipinski definition) is 2. The van der Waals surface area contributed by atoms with Gasteiger partial charge < -0.3 is 0 Å². The van der Waals surface area contributed by atoms with Gasteiger partial charge in [-0.1, -0.05) is 54.1 Å². The number of carbonyl (C=O) groups excluding carboxylic acids is 2. The van der Waals surface area contributed by atoms with Gasteiger partial charge in [-0.15, -0.1) is 0 Å². The van der Waals surface area contributed by atoms with Crippen LogP contribution < -0.4 is 4.90 Å². The highest BCUT2D eigenvalue weighted by molar-refractivity contribution is 6.33. The standard InChI is InChI=1S/C21H17NO2/c1-14-7-9-15(10-8-14)16-11-12-18-19(13-16)21(24)22(20(18)23)17-5-3-2-4-6-17/h2-11H,12-13H2,1H3. The van der Waals surface area contributed by atoms with Gasteiger partial charge in [0.1, 0.15) is 0 Å². The Kier molecular flexibility index (Phi) is 3.42. The van der Waals surface area contributed by atoms with Gasteiger partial charge in [0.15, 0.2) is 0 Å². The third kappa shape index (κ3) is 2.29. The van der Waals surface area contributed by atoms with Crippen LogP contribution in [0.2, 0.25) is 0 Å². The van der Waals surface area contributed by atoms with Gasteiger partial charge in [-0.3, -0.25) is 9.59 Å². The van der Waals surface area contributed by atoms with E-state index in [0.717, 1.165) is 11.1 Å². The second-order valence-electron chi connectivity index (χ2n) is 6.21. The van der Waals surface area contributed by atoms with Crippen LogP contribution in [-0.2, 0) is 9.59 Å². The molecular formula is C21H17NO2. The molecule has 1 heterocycles. The summed E-state index contributed by atoms with van der Waals surface area (Å²) >= 11 is 0. The van der Waals surface area contributed by atoms with Crippen molar-refractivity contribution in [3.8, 4) is 0 Å². The summed E-state index contributed by atoms with van der Waals surface area (Å²) in [7, 11) is 0. The molecule has 0 fully saturated rings. The van der Waals surface area contributed by atoms with Crippen LogP contribution in [0.25, 0.3) is 5.57 Å². The Morgan fingerprint density at radius 2 is 1.50 bits per heavy atom. The molecule has 24 heavy (non-hydrogen) atoms. The zero-order valence-corrected chi connectivity index (χ0v) is 13.5. The molecule has 1 aliphatic carbocycles. The van der Waals surface area contributed by atoms with Crippen LogP contribution in [0, 0.1) is 6.92 Å². The summed E-state index contributed by atoms with van der Waals surface area (Å²) in [5, 5.41) is 0. The predicted molar refractivity (Wildman–Crippen MR) is 94.4 cm³/mol. The van der Waals surface area contributed by atoms with Crippen LogP contribution in [0.3, 0.4) is 0 Å². The Hall–Kier alpha value is -2.94. The van der Waals surface area contributed by atoms with Crippen molar-refractivity contribution in [2.24, 2.45) is 0 Å². The number of benzene rings is 2. The summed E-state index contributed by atoms with van der Waals surface area (Å²) in [6.07, 6.45) is 3.11. The highest BCUT2D eigenvalue weighted by atomic mass is 16.2. The van der Waals surface area contributed by atoms with E-state index in [9.17, 15) is 9.59 Å². The Bertz CT molecular complexity index is 889. The minimum Gasteiger partial charge on any atom is -0.269 e. The average Bonchev–Trinajstić information content (AvgIpc) is 2.87. The van der Waals surface area contributed by atoms with Gasteiger partial charge in [-0.25, -0.2) is 4.90 Å². The van der Waals surface area contributed by atoms with E-state index in [1.807, 2.05) is 18.2 Å². The molecular weight excluding hydrogens is 298 g/mol. The number of aryl methyl sites for hydroxylation is 1. The highest BCUT2D eigenvalue weighted by Crippen LogP contribution is 2.38. The monoisotopic (exact) mass is 315 g/mol. The Morgan fingerprint density at radius 3 is 2.21 bits per heavy atom. The lowest BCUT2D eigenvalue weighted by Crippen LogP contribution is -2.31. The van der Waals surface area contributed by atoms with Gasteiger partial charge in [0.05, 0.1) is 5.69 Å². The molecule has 118 valence electrons. The fraction of sp³-hybridized carbons (Fsp3) is 0.143. The topological polar surface area (TPSA) is 37.4 Å². The van der Waals surface area contributed by atoms with Gasteiger partial charge in [0, 0.05) is 17.6 Å². The minimum absolute atomic E-state index is 0.180. The summed E-state index contributed by atoms with van der Waals surface area (Å²) < 4.78 is 0. The number of nitrogens with zero attached hydrogens (tertiary/aromatic N) is 1. The van der Waals surface area contributed by atoms with Crippen LogP contribution in [0.5, 0.6) is 0 Å². The molecule has 0 saturated carbocycles. The zero-order chi connectivity index (χ0) is 16.7. The third-order valence-electron chi connectivity index (χ3n) is 4.64. The number of anilines is 1. The van der Waals surface area contributed by atoms with E-state index in [0.29, 0.717) is 29.7 Å². The molecule has 0 bridgehead atoms. The van der Waals surface area contributed by atoms with E-state index in [-0.39, 0.29) is 11.8 Å². The first kappa shape index (κ1) is 14.6. The van der Waals surface area contributed by atoms with E-state index in [1.165, 1.54) is 10.5 Å². The average molecular weight is 315 g/mol. The predicted octanol–water partition coefficient (Wildman–Crippen LogP) is 4.04. The van der Waals surface area contributed by atoms with Gasteiger partial charge in [-0.05, 0) is 36.6 Å². The number of hydrogen-bond donors (Lipinski definition) is 0. The third-order valence-corrected chi connectivity index (χ3v) is 4.64. The smallest absolute Gasteiger partial charge is 0.262 e. The molecule has 2 aromatic carbocycles. The molecule has 2 aliphatic rings. The maximum atomic E-state index is 12.8. The van der Waals surface area contributed by atoms with Crippen LogP contribution in [0.4, 0.5) is 5.69 Å². The molecule has 2 amide bonds. The van der Waals surface area contributed by atoms with Crippen molar-refractivity contribution in [1.29, 1.82) is 0 Å². The van der Waals surface area contributed by atoms with Crippen molar-refractivity contribution < 1.29 is 9.59 Å². The molecule has 2 aromatic rings. The second-order valence-corrected chi connectivity index (χ2v) is 6.21. The number of allylic oxidation sites excluding steroid dienone is 2. The number of imide groups is 1. The summed E-state index contributed by atoms with van der Waals surface area (Å²) in [6.45, 7) is 2.05. The van der Waals surface area contributed by atoms with E-state index in [1.54, 1.807) is 12.1 Å². The number of rotatable bonds is 2. The summed E-state index contributed by atoms with van der Waals surface area (Å²) in [5.41, 5.74) is 5.35. The molecule has 1 aliphatic heterocycles. The normalized spacial score (nSPS) is 17.2. The van der Waals surface area contributed by atoms with E-state index >= 15 is 0 Å². The highest BCUT2D eigenvalue weighted by Gasteiger charge is 2.39. The van der Waals surface area contributed by atoms with Crippen molar-refractivity contribution in [3.05, 3.63) is 82.9 Å². The van der Waals surface area contributed by atoms with Crippen LogP contribution >= 0.6 is 0 Å². The van der Waals surface area contributed by atoms with Crippen molar-refractivity contribution in [2.45, 2.75) is 19.8 Å². The zero-order valence-electron chi connectivity index (χ0n) is 13.5. The molecule has 4 rings (SSSR count). The minimum atomic E-state index is -0.182. The largest absolute Gasteiger partial charge is 0.269 e. The Morgan fingerprint density at radius 1 is 0.833 bits per heavy atom. The molecule has 0 spiro atoms. The van der Waals surface area contributed by atoms with Crippen molar-refractivity contribution in [2.75, 3.05) is 4.90 Å². The van der Waals surface area contributed by atoms with Gasteiger partial charge in [0.25, 0.3) is 11.8 Å². The lowest BCUT2D eigenvalue weighted by atomic mass is 9.89. The molecule has 0 unspecified atom stereocenters. The number of para-hydroxylation sites is 1. The molecule has 0 atom stereocenters. The Labute approximate surface area is 140 Å². The maximum absolute atomic E-state index is 12.8. The summed E-state index contributed by atoms with van der Waals surface area (Å²) in [6, 6.07) is 17.4. The summed E-state index contributed by atoms with van der Waals surface area (Å²) in [4.78, 5) is 26.8. The molecule has 0 aromatic heterocycles. The van der Waals surface area contributed by atoms with Gasteiger partial charge in [0.2, 0.25) is 0 Å². The Balaban J connectivity index is 1.64.